The highest BCUT2D eigenvalue weighted by atomic mass is 16.2. The van der Waals surface area contributed by atoms with E-state index < -0.39 is 0 Å². The summed E-state index contributed by atoms with van der Waals surface area (Å²) in [6.45, 7) is 4.47. The number of nitrogens with one attached hydrogen (secondary N) is 2. The van der Waals surface area contributed by atoms with Crippen LogP contribution in [-0.2, 0) is 22.4 Å². The lowest BCUT2D eigenvalue weighted by atomic mass is 10.00. The molecule has 2 aliphatic rings. The molecule has 1 aliphatic carbocycles. The summed E-state index contributed by atoms with van der Waals surface area (Å²) >= 11 is 0. The van der Waals surface area contributed by atoms with Crippen molar-refractivity contribution in [3.05, 3.63) is 65.2 Å². The Labute approximate surface area is 172 Å². The molecule has 0 aromatic heterocycles. The Morgan fingerprint density at radius 3 is 2.38 bits per heavy atom. The number of amides is 2. The number of rotatable bonds is 6. The zero-order valence-corrected chi connectivity index (χ0v) is 17.0. The first-order valence-electron chi connectivity index (χ1n) is 10.6. The number of aryl methyl sites for hydroxylation is 1. The number of nitrogens with zero attached hydrogens (tertiary/aromatic N) is 1. The highest BCUT2D eigenvalue weighted by molar-refractivity contribution is 5.94. The second-order valence-electron chi connectivity index (χ2n) is 8.04. The monoisotopic (exact) mass is 391 g/mol. The number of carbonyl (C=O) groups is 2. The average molecular weight is 392 g/mol. The molecule has 0 spiro atoms. The van der Waals surface area contributed by atoms with Crippen molar-refractivity contribution in [1.29, 1.82) is 0 Å². The zero-order chi connectivity index (χ0) is 20.2. The van der Waals surface area contributed by atoms with E-state index in [9.17, 15) is 9.59 Å². The molecular formula is C24H29N3O2. The van der Waals surface area contributed by atoms with Crippen molar-refractivity contribution >= 4 is 17.5 Å². The van der Waals surface area contributed by atoms with E-state index in [0.717, 1.165) is 43.6 Å². The van der Waals surface area contributed by atoms with Crippen LogP contribution in [0.15, 0.2) is 48.5 Å². The molecule has 2 aromatic rings. The number of hydrogen-bond acceptors (Lipinski definition) is 3. The van der Waals surface area contributed by atoms with Gasteiger partial charge in [-0.2, -0.15) is 0 Å². The maximum absolute atomic E-state index is 13.1. The summed E-state index contributed by atoms with van der Waals surface area (Å²) in [4.78, 5) is 26.9. The van der Waals surface area contributed by atoms with Gasteiger partial charge in [0.15, 0.2) is 0 Å². The third kappa shape index (κ3) is 4.85. The summed E-state index contributed by atoms with van der Waals surface area (Å²) in [5.74, 6) is 0.435. The second kappa shape index (κ2) is 8.78. The third-order valence-corrected chi connectivity index (χ3v) is 5.86. The number of hydrogen-bond donors (Lipinski definition) is 2. The molecule has 4 rings (SSSR count). The Bertz CT molecular complexity index is 857. The fourth-order valence-electron chi connectivity index (χ4n) is 3.85. The summed E-state index contributed by atoms with van der Waals surface area (Å²) in [6.07, 6.45) is 3.38. The first-order chi connectivity index (χ1) is 14.1. The summed E-state index contributed by atoms with van der Waals surface area (Å²) in [7, 11) is 0. The standard InChI is InChI=1S/C24H29N3O2/c1-2-17-3-7-19(8-4-17)22-16-25-13-14-27(22)23(28)15-18-5-11-21(12-6-18)26-24(29)20-9-10-20/h3-8,11-12,20,22,25H,2,9-10,13-16H2,1H3,(H,26,29). The van der Waals surface area contributed by atoms with Gasteiger partial charge in [0, 0.05) is 31.2 Å². The van der Waals surface area contributed by atoms with Gasteiger partial charge in [-0.15, -0.1) is 0 Å². The second-order valence-corrected chi connectivity index (χ2v) is 8.04. The summed E-state index contributed by atoms with van der Waals surface area (Å²) in [5.41, 5.74) is 4.26. The minimum atomic E-state index is 0.0688. The van der Waals surface area contributed by atoms with Crippen molar-refractivity contribution in [2.45, 2.75) is 38.6 Å². The molecule has 29 heavy (non-hydrogen) atoms. The smallest absolute Gasteiger partial charge is 0.227 e. The lowest BCUT2D eigenvalue weighted by Crippen LogP contribution is -2.49. The van der Waals surface area contributed by atoms with Crippen LogP contribution < -0.4 is 10.6 Å². The highest BCUT2D eigenvalue weighted by Gasteiger charge is 2.30. The van der Waals surface area contributed by atoms with Crippen LogP contribution in [0.1, 0.15) is 42.5 Å². The molecule has 2 N–H and O–H groups in total. The fraction of sp³-hybridized carbons (Fsp3) is 0.417. The van der Waals surface area contributed by atoms with Crippen LogP contribution in [0.3, 0.4) is 0 Å². The van der Waals surface area contributed by atoms with Crippen molar-refractivity contribution in [3.63, 3.8) is 0 Å². The number of benzene rings is 2. The molecule has 0 radical (unpaired) electrons. The largest absolute Gasteiger partial charge is 0.333 e. The molecule has 1 saturated heterocycles. The van der Waals surface area contributed by atoms with E-state index >= 15 is 0 Å². The topological polar surface area (TPSA) is 61.4 Å². The van der Waals surface area contributed by atoms with Crippen molar-refractivity contribution < 1.29 is 9.59 Å². The SMILES string of the molecule is CCc1ccc(C2CNCCN2C(=O)Cc2ccc(NC(=O)C3CC3)cc2)cc1. The predicted octanol–water partition coefficient (Wildman–Crippen LogP) is 3.31. The molecule has 5 nitrogen and oxygen atoms in total. The molecule has 1 heterocycles. The maximum atomic E-state index is 13.1. The van der Waals surface area contributed by atoms with Crippen LogP contribution in [0.4, 0.5) is 5.69 Å². The number of carbonyl (C=O) groups excluding carboxylic acids is 2. The molecule has 1 atom stereocenters. The molecule has 0 bridgehead atoms. The minimum Gasteiger partial charge on any atom is -0.333 e. The average Bonchev–Trinajstić information content (AvgIpc) is 3.61. The number of piperazine rings is 1. The summed E-state index contributed by atoms with van der Waals surface area (Å²) in [5, 5.41) is 6.36. The number of anilines is 1. The molecule has 5 heteroatoms. The van der Waals surface area contributed by atoms with Crippen molar-refractivity contribution in [2.24, 2.45) is 5.92 Å². The normalized spacial score (nSPS) is 19.1. The maximum Gasteiger partial charge on any atom is 0.227 e. The minimum absolute atomic E-state index is 0.0688. The van der Waals surface area contributed by atoms with Crippen LogP contribution in [0.2, 0.25) is 0 Å². The summed E-state index contributed by atoms with van der Waals surface area (Å²) < 4.78 is 0. The van der Waals surface area contributed by atoms with Gasteiger partial charge in [0.2, 0.25) is 11.8 Å². The molecule has 1 aliphatic heterocycles. The molecule has 1 unspecified atom stereocenters. The predicted molar refractivity (Wildman–Crippen MR) is 115 cm³/mol. The van der Waals surface area contributed by atoms with E-state index in [2.05, 4.69) is 41.8 Å². The van der Waals surface area contributed by atoms with Gasteiger partial charge in [0.25, 0.3) is 0 Å². The Morgan fingerprint density at radius 2 is 1.72 bits per heavy atom. The zero-order valence-electron chi connectivity index (χ0n) is 17.0. The van der Waals surface area contributed by atoms with Gasteiger partial charge in [-0.05, 0) is 48.1 Å². The molecule has 2 aromatic carbocycles. The van der Waals surface area contributed by atoms with E-state index in [1.807, 2.05) is 29.2 Å². The Hall–Kier alpha value is -2.66. The van der Waals surface area contributed by atoms with Crippen LogP contribution in [0, 0.1) is 5.92 Å². The molecule has 2 fully saturated rings. The van der Waals surface area contributed by atoms with Gasteiger partial charge in [-0.1, -0.05) is 43.3 Å². The Morgan fingerprint density at radius 1 is 1.03 bits per heavy atom. The van der Waals surface area contributed by atoms with E-state index in [0.29, 0.717) is 13.0 Å². The first-order valence-corrected chi connectivity index (χ1v) is 10.6. The summed E-state index contributed by atoms with van der Waals surface area (Å²) in [6, 6.07) is 16.3. The van der Waals surface area contributed by atoms with Gasteiger partial charge in [0.05, 0.1) is 12.5 Å². The molecular weight excluding hydrogens is 362 g/mol. The van der Waals surface area contributed by atoms with Gasteiger partial charge >= 0.3 is 0 Å². The highest BCUT2D eigenvalue weighted by Crippen LogP contribution is 2.30. The lowest BCUT2D eigenvalue weighted by molar-refractivity contribution is -0.133. The van der Waals surface area contributed by atoms with E-state index in [1.165, 1.54) is 11.1 Å². The molecule has 1 saturated carbocycles. The van der Waals surface area contributed by atoms with Crippen molar-refractivity contribution in [3.8, 4) is 0 Å². The lowest BCUT2D eigenvalue weighted by Gasteiger charge is -2.36. The van der Waals surface area contributed by atoms with Gasteiger partial charge in [0.1, 0.15) is 0 Å². The van der Waals surface area contributed by atoms with E-state index in [4.69, 9.17) is 0 Å². The van der Waals surface area contributed by atoms with Crippen molar-refractivity contribution in [1.82, 2.24) is 10.2 Å². The Kier molecular flexibility index (Phi) is 5.95. The third-order valence-electron chi connectivity index (χ3n) is 5.86. The van der Waals surface area contributed by atoms with Crippen LogP contribution in [0.5, 0.6) is 0 Å². The van der Waals surface area contributed by atoms with E-state index in [-0.39, 0.29) is 23.8 Å². The van der Waals surface area contributed by atoms with Crippen molar-refractivity contribution in [2.75, 3.05) is 25.0 Å². The van der Waals surface area contributed by atoms with Gasteiger partial charge in [-0.25, -0.2) is 0 Å². The van der Waals surface area contributed by atoms with Crippen LogP contribution in [0.25, 0.3) is 0 Å². The van der Waals surface area contributed by atoms with Gasteiger partial charge in [-0.3, -0.25) is 9.59 Å². The van der Waals surface area contributed by atoms with Gasteiger partial charge < -0.3 is 15.5 Å². The quantitative estimate of drug-likeness (QED) is 0.794. The molecule has 2 amide bonds. The van der Waals surface area contributed by atoms with Crippen LogP contribution >= 0.6 is 0 Å². The van der Waals surface area contributed by atoms with E-state index in [1.54, 1.807) is 0 Å². The fourth-order valence-corrected chi connectivity index (χ4v) is 3.85. The first kappa shape index (κ1) is 19.6. The molecule has 152 valence electrons. The van der Waals surface area contributed by atoms with Crippen LogP contribution in [-0.4, -0.2) is 36.3 Å². The Balaban J connectivity index is 1.40.